The van der Waals surface area contributed by atoms with Crippen molar-refractivity contribution in [1.29, 1.82) is 0 Å². The lowest BCUT2D eigenvalue weighted by Crippen LogP contribution is -2.25. The smallest absolute Gasteiger partial charge is 0.256 e. The second kappa shape index (κ2) is 11.1. The van der Waals surface area contributed by atoms with Gasteiger partial charge in [0.05, 0.1) is 5.69 Å². The van der Waals surface area contributed by atoms with Crippen LogP contribution in [0.4, 0.5) is 23.3 Å². The maximum atomic E-state index is 12.7. The first-order chi connectivity index (χ1) is 18.2. The third-order valence-corrected chi connectivity index (χ3v) is 5.47. The molecule has 1 aromatic carbocycles. The van der Waals surface area contributed by atoms with E-state index in [4.69, 9.17) is 5.11 Å². The van der Waals surface area contributed by atoms with Gasteiger partial charge in [0, 0.05) is 30.0 Å². The van der Waals surface area contributed by atoms with E-state index in [1.54, 1.807) is 62.5 Å². The number of benzene rings is 1. The quantitative estimate of drug-likeness (QED) is 0.157. The van der Waals surface area contributed by atoms with E-state index in [1.165, 1.54) is 6.20 Å². The molecule has 3 aromatic heterocycles. The van der Waals surface area contributed by atoms with Crippen LogP contribution in [0.1, 0.15) is 40.4 Å². The number of aliphatic hydroxyl groups excluding tert-OH is 1. The predicted octanol–water partition coefficient (Wildman–Crippen LogP) is 3.23. The standard InChI is InChI=1S/C27H27N7O4/c1-4-10-28-25(37)19-14-30-26(34-24(19)33-23-7-5-6-22(32-23)27(2,3)38)31-18-9-8-16-12-20(21(36)15-35)29-13-17(16)11-18/h4-9,11-14,35,38H,1,10,15H2,2-3H3,(H,28,37)(H2,30,31,32,33,34). The fourth-order valence-electron chi connectivity index (χ4n) is 3.51. The maximum absolute atomic E-state index is 12.7. The summed E-state index contributed by atoms with van der Waals surface area (Å²) < 4.78 is 0. The van der Waals surface area contributed by atoms with Crippen molar-refractivity contribution in [2.45, 2.75) is 19.4 Å². The lowest BCUT2D eigenvalue weighted by molar-refractivity contribution is 0.0739. The van der Waals surface area contributed by atoms with Crippen LogP contribution in [0.15, 0.2) is 67.5 Å². The Balaban J connectivity index is 1.65. The third kappa shape index (κ3) is 6.14. The Morgan fingerprint density at radius 3 is 2.58 bits per heavy atom. The van der Waals surface area contributed by atoms with E-state index in [-0.39, 0.29) is 29.6 Å². The molecular formula is C27H27N7O4. The minimum absolute atomic E-state index is 0.187. The second-order valence-corrected chi connectivity index (χ2v) is 8.88. The highest BCUT2D eigenvalue weighted by Gasteiger charge is 2.19. The van der Waals surface area contributed by atoms with Gasteiger partial charge in [0.15, 0.2) is 0 Å². The van der Waals surface area contributed by atoms with Crippen molar-refractivity contribution in [3.63, 3.8) is 0 Å². The average Bonchev–Trinajstić information content (AvgIpc) is 2.90. The number of aliphatic hydroxyl groups is 2. The van der Waals surface area contributed by atoms with Crippen LogP contribution in [0.2, 0.25) is 0 Å². The molecule has 0 fully saturated rings. The molecule has 0 aliphatic carbocycles. The monoisotopic (exact) mass is 513 g/mol. The summed E-state index contributed by atoms with van der Waals surface area (Å²) in [6.07, 6.45) is 4.50. The highest BCUT2D eigenvalue weighted by molar-refractivity contribution is 6.00. The molecule has 3 heterocycles. The van der Waals surface area contributed by atoms with E-state index in [1.807, 2.05) is 6.07 Å². The minimum Gasteiger partial charge on any atom is -0.388 e. The molecule has 194 valence electrons. The molecule has 38 heavy (non-hydrogen) atoms. The van der Waals surface area contributed by atoms with Gasteiger partial charge in [0.2, 0.25) is 11.7 Å². The van der Waals surface area contributed by atoms with Gasteiger partial charge in [-0.05, 0) is 49.6 Å². The summed E-state index contributed by atoms with van der Waals surface area (Å²) >= 11 is 0. The lowest BCUT2D eigenvalue weighted by atomic mass is 10.1. The molecule has 0 spiro atoms. The summed E-state index contributed by atoms with van der Waals surface area (Å²) in [4.78, 5) is 41.8. The largest absolute Gasteiger partial charge is 0.388 e. The number of ketones is 1. The molecule has 0 radical (unpaired) electrons. The predicted molar refractivity (Wildman–Crippen MR) is 144 cm³/mol. The van der Waals surface area contributed by atoms with Crippen LogP contribution in [-0.4, -0.2) is 55.0 Å². The van der Waals surface area contributed by atoms with Crippen LogP contribution in [0.25, 0.3) is 10.8 Å². The van der Waals surface area contributed by atoms with Crippen LogP contribution in [0, 0.1) is 0 Å². The van der Waals surface area contributed by atoms with Crippen molar-refractivity contribution in [2.75, 3.05) is 23.8 Å². The van der Waals surface area contributed by atoms with Gasteiger partial charge in [-0.3, -0.25) is 14.6 Å². The fourth-order valence-corrected chi connectivity index (χ4v) is 3.51. The molecule has 5 N–H and O–H groups in total. The van der Waals surface area contributed by atoms with E-state index in [0.29, 0.717) is 17.2 Å². The van der Waals surface area contributed by atoms with Gasteiger partial charge < -0.3 is 26.2 Å². The van der Waals surface area contributed by atoms with Crippen molar-refractivity contribution in [3.8, 4) is 0 Å². The number of pyridine rings is 2. The Kier molecular flexibility index (Phi) is 7.70. The third-order valence-electron chi connectivity index (χ3n) is 5.47. The first kappa shape index (κ1) is 26.3. The number of anilines is 4. The number of nitrogens with one attached hydrogen (secondary N) is 3. The topological polar surface area (TPSA) is 162 Å². The van der Waals surface area contributed by atoms with Crippen molar-refractivity contribution < 1.29 is 19.8 Å². The van der Waals surface area contributed by atoms with E-state index < -0.39 is 23.9 Å². The van der Waals surface area contributed by atoms with E-state index in [2.05, 4.69) is 42.5 Å². The molecule has 0 saturated heterocycles. The number of nitrogens with zero attached hydrogens (tertiary/aromatic N) is 4. The molecule has 0 atom stereocenters. The van der Waals surface area contributed by atoms with Gasteiger partial charge in [-0.1, -0.05) is 18.2 Å². The van der Waals surface area contributed by atoms with Crippen LogP contribution in [-0.2, 0) is 5.60 Å². The molecule has 11 heteroatoms. The number of fused-ring (bicyclic) bond motifs is 1. The van der Waals surface area contributed by atoms with E-state index in [0.717, 1.165) is 10.8 Å². The molecule has 1 amide bonds. The van der Waals surface area contributed by atoms with Crippen molar-refractivity contribution in [3.05, 3.63) is 84.5 Å². The summed E-state index contributed by atoms with van der Waals surface area (Å²) in [5.41, 5.74) is 0.319. The van der Waals surface area contributed by atoms with E-state index in [9.17, 15) is 14.7 Å². The first-order valence-corrected chi connectivity index (χ1v) is 11.7. The maximum Gasteiger partial charge on any atom is 0.256 e. The van der Waals surface area contributed by atoms with E-state index >= 15 is 0 Å². The highest BCUT2D eigenvalue weighted by Crippen LogP contribution is 2.25. The zero-order valence-electron chi connectivity index (χ0n) is 20.9. The number of hydrogen-bond donors (Lipinski definition) is 5. The van der Waals surface area contributed by atoms with Crippen molar-refractivity contribution in [2.24, 2.45) is 0 Å². The first-order valence-electron chi connectivity index (χ1n) is 11.7. The van der Waals surface area contributed by atoms with Gasteiger partial charge in [0.1, 0.15) is 35.1 Å². The summed E-state index contributed by atoms with van der Waals surface area (Å²) in [5, 5.41) is 29.8. The number of hydrogen-bond acceptors (Lipinski definition) is 10. The molecule has 4 aromatic rings. The van der Waals surface area contributed by atoms with Gasteiger partial charge >= 0.3 is 0 Å². The number of carbonyl (C=O) groups is 2. The van der Waals surface area contributed by atoms with Gasteiger partial charge in [-0.15, -0.1) is 6.58 Å². The second-order valence-electron chi connectivity index (χ2n) is 8.88. The molecule has 0 saturated carbocycles. The SMILES string of the molecule is C=CCNC(=O)c1cnc(Nc2ccc3cc(C(=O)CO)ncc3c2)nc1Nc1cccc(C(C)(C)O)n1. The Labute approximate surface area is 218 Å². The number of carbonyl (C=O) groups excluding carboxylic acids is 2. The summed E-state index contributed by atoms with van der Waals surface area (Å²) in [7, 11) is 0. The van der Waals surface area contributed by atoms with Crippen LogP contribution in [0.3, 0.4) is 0 Å². The zero-order valence-corrected chi connectivity index (χ0v) is 20.9. The number of rotatable bonds is 10. The lowest BCUT2D eigenvalue weighted by Gasteiger charge is -2.18. The zero-order chi connectivity index (χ0) is 27.3. The average molecular weight is 514 g/mol. The Morgan fingerprint density at radius 1 is 1.03 bits per heavy atom. The fraction of sp³-hybridized carbons (Fsp3) is 0.185. The summed E-state index contributed by atoms with van der Waals surface area (Å²) in [5.74, 6) is -0.0492. The Hall–Kier alpha value is -4.74. The van der Waals surface area contributed by atoms with Crippen molar-refractivity contribution in [1.82, 2.24) is 25.3 Å². The van der Waals surface area contributed by atoms with Gasteiger partial charge in [0.25, 0.3) is 5.91 Å². The molecule has 0 unspecified atom stereocenters. The molecule has 4 rings (SSSR count). The molecule has 0 aliphatic rings. The highest BCUT2D eigenvalue weighted by atomic mass is 16.3. The normalized spacial score (nSPS) is 11.2. The molecular weight excluding hydrogens is 486 g/mol. The van der Waals surface area contributed by atoms with Crippen LogP contribution < -0.4 is 16.0 Å². The molecule has 0 aliphatic heterocycles. The molecule has 11 nitrogen and oxygen atoms in total. The number of aromatic nitrogens is 4. The molecule has 0 bridgehead atoms. The van der Waals surface area contributed by atoms with Crippen LogP contribution >= 0.6 is 0 Å². The van der Waals surface area contributed by atoms with Crippen LogP contribution in [0.5, 0.6) is 0 Å². The number of Topliss-reactive ketones (excluding diaryl/α,β-unsaturated/α-hetero) is 1. The number of amides is 1. The van der Waals surface area contributed by atoms with Gasteiger partial charge in [-0.25, -0.2) is 9.97 Å². The summed E-state index contributed by atoms with van der Waals surface area (Å²) in [6, 6.07) is 12.1. The van der Waals surface area contributed by atoms with Crippen molar-refractivity contribution >= 4 is 45.7 Å². The minimum atomic E-state index is -1.16. The Bertz CT molecular complexity index is 1520. The summed E-state index contributed by atoms with van der Waals surface area (Å²) in [6.45, 7) is 6.53. The Morgan fingerprint density at radius 2 is 1.84 bits per heavy atom. The van der Waals surface area contributed by atoms with Gasteiger partial charge in [-0.2, -0.15) is 4.98 Å².